The summed E-state index contributed by atoms with van der Waals surface area (Å²) in [4.78, 5) is 57.7. The quantitative estimate of drug-likeness (QED) is 0.146. The van der Waals surface area contributed by atoms with Crippen molar-refractivity contribution in [1.82, 2.24) is 4.90 Å². The zero-order valence-electron chi connectivity index (χ0n) is 35.0. The van der Waals surface area contributed by atoms with E-state index in [1.165, 1.54) is 19.1 Å². The van der Waals surface area contributed by atoms with Gasteiger partial charge < -0.3 is 38.8 Å². The van der Waals surface area contributed by atoms with Crippen LogP contribution in [-0.4, -0.2) is 120 Å². The van der Waals surface area contributed by atoms with E-state index in [-0.39, 0.29) is 54.9 Å². The van der Waals surface area contributed by atoms with Crippen LogP contribution in [0.25, 0.3) is 0 Å². The second kappa shape index (κ2) is 20.7. The number of aliphatic hydroxyl groups excluding tert-OH is 1. The number of Topliss-reactive ketones (excluding diaryl/α,β-unsaturated/α-hetero) is 2. The van der Waals surface area contributed by atoms with Crippen LogP contribution in [0.15, 0.2) is 23.3 Å². The van der Waals surface area contributed by atoms with Crippen LogP contribution in [0.2, 0.25) is 0 Å². The molecule has 0 radical (unpaired) electrons. The fourth-order valence-electron chi connectivity index (χ4n) is 9.36. The van der Waals surface area contributed by atoms with Crippen LogP contribution in [-0.2, 0) is 42.9 Å². The molecule has 2 saturated heterocycles. The Morgan fingerprint density at radius 1 is 0.964 bits per heavy atom. The molecule has 2 N–H and O–H groups in total. The highest BCUT2D eigenvalue weighted by Crippen LogP contribution is 2.39. The number of carbonyl (C=O) groups is 4. The molecule has 0 aromatic heterocycles. The van der Waals surface area contributed by atoms with Gasteiger partial charge in [0.1, 0.15) is 24.0 Å². The molecule has 4 rings (SSSR count). The van der Waals surface area contributed by atoms with E-state index in [0.29, 0.717) is 44.1 Å². The van der Waals surface area contributed by atoms with Crippen LogP contribution in [0.4, 0.5) is 0 Å². The summed E-state index contributed by atoms with van der Waals surface area (Å²) in [5.41, 5.74) is 1.71. The standard InChI is InChI=1S/C43H68ClNO11/c1-10-30-18-24(2)17-25(3)19-36(53-8)39-37(54-9)21-27(5)43(51,56-39)40(48)41(49)45-16-12-11-13-32(45)42(50)55-38(28(6)33(46)23-34(30)47)26(4)20-29-14-15-31(44)35(22-29)52-7/h18,20,25,27-33,35-39,46,51H,10-17,19,21-23H2,1-9H3/t25-,27+,28-,29?,30+,31-,32-,33-,35+,36-,37-,38+,39+,43+/m0/s1. The lowest BCUT2D eigenvalue weighted by Crippen LogP contribution is -2.64. The maximum absolute atomic E-state index is 14.3. The molecular weight excluding hydrogens is 742 g/mol. The van der Waals surface area contributed by atoms with Crippen LogP contribution in [0.3, 0.4) is 0 Å². The minimum atomic E-state index is -2.49. The van der Waals surface area contributed by atoms with Crippen molar-refractivity contribution in [3.8, 4) is 0 Å². The fourth-order valence-corrected chi connectivity index (χ4v) is 9.69. The summed E-state index contributed by atoms with van der Waals surface area (Å²) in [6.45, 7) is 11.3. The number of fused-ring (bicyclic) bond motifs is 3. The van der Waals surface area contributed by atoms with Crippen LogP contribution in [0.5, 0.6) is 0 Å². The van der Waals surface area contributed by atoms with E-state index in [9.17, 15) is 29.4 Å². The van der Waals surface area contributed by atoms with Crippen molar-refractivity contribution in [2.45, 2.75) is 166 Å². The molecule has 318 valence electrons. The molecule has 14 atom stereocenters. The molecule has 1 saturated carbocycles. The molecule has 0 aromatic rings. The summed E-state index contributed by atoms with van der Waals surface area (Å²) in [5, 5.41) is 23.6. The molecule has 3 fully saturated rings. The monoisotopic (exact) mass is 809 g/mol. The molecule has 3 heterocycles. The third-order valence-electron chi connectivity index (χ3n) is 12.8. The van der Waals surface area contributed by atoms with E-state index in [2.05, 4.69) is 6.92 Å². The number of halogens is 1. The number of cyclic esters (lactones) is 1. The number of esters is 1. The van der Waals surface area contributed by atoms with Crippen molar-refractivity contribution in [3.05, 3.63) is 23.3 Å². The minimum Gasteiger partial charge on any atom is -0.456 e. The third kappa shape index (κ3) is 10.9. The molecular formula is C43H68ClNO11. The van der Waals surface area contributed by atoms with Gasteiger partial charge in [0.05, 0.1) is 29.8 Å². The van der Waals surface area contributed by atoms with Gasteiger partial charge in [-0.2, -0.15) is 0 Å². The lowest BCUT2D eigenvalue weighted by atomic mass is 9.82. The van der Waals surface area contributed by atoms with Crippen LogP contribution in [0, 0.1) is 29.6 Å². The number of amides is 1. The Morgan fingerprint density at radius 2 is 1.62 bits per heavy atom. The topological polar surface area (TPSA) is 158 Å². The van der Waals surface area contributed by atoms with E-state index < -0.39 is 77.8 Å². The number of piperidine rings is 1. The normalized spacial score (nSPS) is 40.6. The molecule has 0 aromatic carbocycles. The lowest BCUT2D eigenvalue weighted by Gasteiger charge is -2.47. The van der Waals surface area contributed by atoms with Crippen molar-refractivity contribution in [2.24, 2.45) is 29.6 Å². The van der Waals surface area contributed by atoms with Gasteiger partial charge in [0.15, 0.2) is 0 Å². The number of ether oxygens (including phenoxy) is 5. The molecule has 3 aliphatic heterocycles. The van der Waals surface area contributed by atoms with Gasteiger partial charge in [-0.05, 0) is 95.5 Å². The third-order valence-corrected chi connectivity index (χ3v) is 13.3. The highest BCUT2D eigenvalue weighted by Gasteiger charge is 2.56. The number of allylic oxidation sites excluding steroid dienone is 3. The molecule has 0 spiro atoms. The number of carbonyl (C=O) groups excluding carboxylic acids is 4. The first-order valence-electron chi connectivity index (χ1n) is 20.7. The predicted octanol–water partition coefficient (Wildman–Crippen LogP) is 5.72. The predicted molar refractivity (Wildman–Crippen MR) is 212 cm³/mol. The number of hydrogen-bond donors (Lipinski definition) is 2. The second-order valence-electron chi connectivity index (χ2n) is 17.1. The van der Waals surface area contributed by atoms with Crippen molar-refractivity contribution in [3.63, 3.8) is 0 Å². The van der Waals surface area contributed by atoms with Gasteiger partial charge in [-0.15, -0.1) is 11.6 Å². The van der Waals surface area contributed by atoms with Crippen molar-refractivity contribution in [2.75, 3.05) is 27.9 Å². The highest BCUT2D eigenvalue weighted by atomic mass is 35.5. The number of nitrogens with zero attached hydrogens (tertiary/aromatic N) is 1. The average Bonchev–Trinajstić information content (AvgIpc) is 3.18. The molecule has 1 unspecified atom stereocenters. The number of ketones is 2. The SMILES string of the molecule is CC[C@@H]1C=C(C)C[C@H](C)C[C@H](OC)[C@H]2O[C@@](O)(C(=O)C(=O)N3CCCC[C@H]3C(=O)O[C@H](C(C)=CC3CC[C@H](Cl)[C@H](OC)C3)[C@@H](C)[C@@H](O)CC1=O)[C@H](C)C[C@@H]2OC. The first-order chi connectivity index (χ1) is 26.5. The van der Waals surface area contributed by atoms with Crippen molar-refractivity contribution in [1.29, 1.82) is 0 Å². The Kier molecular flexibility index (Phi) is 17.2. The van der Waals surface area contributed by atoms with Gasteiger partial charge in [-0.3, -0.25) is 14.4 Å². The van der Waals surface area contributed by atoms with Crippen molar-refractivity contribution < 1.29 is 53.1 Å². The number of alkyl halides is 1. The first kappa shape index (κ1) is 46.5. The van der Waals surface area contributed by atoms with E-state index in [0.717, 1.165) is 18.4 Å². The molecule has 1 amide bonds. The summed E-state index contributed by atoms with van der Waals surface area (Å²) in [6.07, 6.45) is 5.16. The summed E-state index contributed by atoms with van der Waals surface area (Å²) in [7, 11) is 4.71. The van der Waals surface area contributed by atoms with E-state index in [1.807, 2.05) is 32.9 Å². The summed E-state index contributed by atoms with van der Waals surface area (Å²) < 4.78 is 29.9. The molecule has 13 heteroatoms. The van der Waals surface area contributed by atoms with Gasteiger partial charge in [0.2, 0.25) is 5.79 Å². The van der Waals surface area contributed by atoms with Gasteiger partial charge in [0.25, 0.3) is 11.7 Å². The molecule has 12 nitrogen and oxygen atoms in total. The Balaban J connectivity index is 1.76. The zero-order valence-corrected chi connectivity index (χ0v) is 35.8. The Labute approximate surface area is 339 Å². The first-order valence-corrected chi connectivity index (χ1v) is 21.2. The summed E-state index contributed by atoms with van der Waals surface area (Å²) >= 11 is 6.52. The summed E-state index contributed by atoms with van der Waals surface area (Å²) in [6, 6.07) is -1.12. The minimum absolute atomic E-state index is 0.0425. The Morgan fingerprint density at radius 3 is 2.27 bits per heavy atom. The fraction of sp³-hybridized carbons (Fsp3) is 0.814. The maximum atomic E-state index is 14.3. The molecule has 2 bridgehead atoms. The molecule has 4 aliphatic rings. The van der Waals surface area contributed by atoms with Gasteiger partial charge in [-0.25, -0.2) is 4.79 Å². The number of methoxy groups -OCH3 is 3. The Hall–Kier alpha value is -2.19. The zero-order chi connectivity index (χ0) is 41.5. The average molecular weight is 810 g/mol. The lowest BCUT2D eigenvalue weighted by molar-refractivity contribution is -0.302. The van der Waals surface area contributed by atoms with E-state index in [1.54, 1.807) is 21.0 Å². The number of aliphatic hydroxyl groups is 2. The Bertz CT molecular complexity index is 1440. The second-order valence-corrected chi connectivity index (χ2v) is 17.7. The van der Waals surface area contributed by atoms with Crippen molar-refractivity contribution >= 4 is 35.0 Å². The van der Waals surface area contributed by atoms with Crippen LogP contribution in [0.1, 0.15) is 112 Å². The molecule has 1 aliphatic carbocycles. The van der Waals surface area contributed by atoms with Gasteiger partial charge in [-0.1, -0.05) is 45.4 Å². The number of hydrogen-bond acceptors (Lipinski definition) is 11. The van der Waals surface area contributed by atoms with Gasteiger partial charge in [0, 0.05) is 52.0 Å². The maximum Gasteiger partial charge on any atom is 0.329 e. The number of rotatable bonds is 6. The van der Waals surface area contributed by atoms with Crippen LogP contribution >= 0.6 is 11.6 Å². The van der Waals surface area contributed by atoms with E-state index >= 15 is 0 Å². The largest absolute Gasteiger partial charge is 0.456 e. The highest BCUT2D eigenvalue weighted by molar-refractivity contribution is 6.39. The van der Waals surface area contributed by atoms with E-state index in [4.69, 9.17) is 35.3 Å². The van der Waals surface area contributed by atoms with Crippen LogP contribution < -0.4 is 0 Å². The summed E-state index contributed by atoms with van der Waals surface area (Å²) in [5.74, 6) is -7.31. The van der Waals surface area contributed by atoms with Gasteiger partial charge >= 0.3 is 5.97 Å². The smallest absolute Gasteiger partial charge is 0.329 e. The molecule has 56 heavy (non-hydrogen) atoms.